The second-order valence-corrected chi connectivity index (χ2v) is 11.2. The Morgan fingerprint density at radius 3 is 2.78 bits per heavy atom. The van der Waals surface area contributed by atoms with Crippen molar-refractivity contribution in [3.05, 3.63) is 65.9 Å². The number of carboxylic acids is 1. The van der Waals surface area contributed by atoms with Crippen molar-refractivity contribution in [2.75, 3.05) is 32.5 Å². The van der Waals surface area contributed by atoms with Crippen molar-refractivity contribution in [2.24, 2.45) is 11.8 Å². The predicted octanol–water partition coefficient (Wildman–Crippen LogP) is 6.94. The van der Waals surface area contributed by atoms with Crippen LogP contribution in [0.15, 0.2) is 59.6 Å². The third-order valence-electron chi connectivity index (χ3n) is 7.43. The molecule has 0 aliphatic carbocycles. The summed E-state index contributed by atoms with van der Waals surface area (Å²) in [5.74, 6) is 1.23. The molecule has 3 atom stereocenters. The maximum atomic E-state index is 15.5. The van der Waals surface area contributed by atoms with E-state index < -0.39 is 12.1 Å². The number of piperidine rings is 1. The van der Waals surface area contributed by atoms with Crippen LogP contribution < -0.4 is 4.74 Å². The first-order valence-electron chi connectivity index (χ1n) is 13.1. The quantitative estimate of drug-likeness (QED) is 0.205. The number of aromatic nitrogens is 1. The Kier molecular flexibility index (Phi) is 9.81. The van der Waals surface area contributed by atoms with Gasteiger partial charge in [0.15, 0.2) is 0 Å². The van der Waals surface area contributed by atoms with Crippen LogP contribution in [0.4, 0.5) is 4.39 Å². The number of fused-ring (bicyclic) bond motifs is 1. The van der Waals surface area contributed by atoms with E-state index in [-0.39, 0.29) is 18.3 Å². The third kappa shape index (κ3) is 7.68. The van der Waals surface area contributed by atoms with Crippen LogP contribution in [0.2, 0.25) is 0 Å². The maximum Gasteiger partial charge on any atom is 0.303 e. The summed E-state index contributed by atoms with van der Waals surface area (Å²) >= 11 is 1.87. The molecule has 3 aromatic rings. The molecular formula is C30H37FN2O3S. The lowest BCUT2D eigenvalue weighted by Gasteiger charge is -2.38. The SMILES string of the molecule is COc1ccc2nccc([C@H](F)CC[C@@H]3CCN(CCCSc4ccc(C)cc4)C[C@@H]3CC(=O)O)c2c1. The third-order valence-corrected chi connectivity index (χ3v) is 8.53. The van der Waals surface area contributed by atoms with E-state index in [9.17, 15) is 9.90 Å². The van der Waals surface area contributed by atoms with E-state index in [1.165, 1.54) is 10.5 Å². The molecule has 37 heavy (non-hydrogen) atoms. The van der Waals surface area contributed by atoms with Crippen molar-refractivity contribution in [1.82, 2.24) is 9.88 Å². The normalized spacial score (nSPS) is 19.1. The highest BCUT2D eigenvalue weighted by atomic mass is 32.2. The Hall–Kier alpha value is -2.64. The molecule has 0 bridgehead atoms. The van der Waals surface area contributed by atoms with Crippen LogP contribution in [-0.4, -0.2) is 53.5 Å². The van der Waals surface area contributed by atoms with Crippen LogP contribution in [0.3, 0.4) is 0 Å². The van der Waals surface area contributed by atoms with Crippen molar-refractivity contribution in [2.45, 2.75) is 50.1 Å². The van der Waals surface area contributed by atoms with Gasteiger partial charge in [0, 0.05) is 29.4 Å². The molecule has 0 spiro atoms. The fraction of sp³-hybridized carbons (Fsp3) is 0.467. The zero-order valence-corrected chi connectivity index (χ0v) is 22.6. The predicted molar refractivity (Wildman–Crippen MR) is 148 cm³/mol. The van der Waals surface area contributed by atoms with E-state index in [4.69, 9.17) is 4.74 Å². The summed E-state index contributed by atoms with van der Waals surface area (Å²) in [7, 11) is 1.60. The average molecular weight is 525 g/mol. The number of carboxylic acid groups (broad SMARTS) is 1. The monoisotopic (exact) mass is 524 g/mol. The lowest BCUT2D eigenvalue weighted by atomic mass is 9.79. The Labute approximate surface area is 223 Å². The number of aryl methyl sites for hydroxylation is 1. The summed E-state index contributed by atoms with van der Waals surface area (Å²) in [6, 6.07) is 15.9. The molecule has 1 fully saturated rings. The van der Waals surface area contributed by atoms with E-state index in [0.29, 0.717) is 24.2 Å². The number of rotatable bonds is 12. The zero-order valence-electron chi connectivity index (χ0n) is 21.7. The molecule has 4 rings (SSSR count). The minimum absolute atomic E-state index is 0.0532. The van der Waals surface area contributed by atoms with Gasteiger partial charge in [-0.2, -0.15) is 0 Å². The molecular weight excluding hydrogens is 487 g/mol. The number of carbonyl (C=O) groups is 1. The summed E-state index contributed by atoms with van der Waals surface area (Å²) in [5, 5.41) is 10.3. The van der Waals surface area contributed by atoms with Crippen molar-refractivity contribution in [1.29, 1.82) is 0 Å². The van der Waals surface area contributed by atoms with Crippen LogP contribution in [0.5, 0.6) is 5.75 Å². The summed E-state index contributed by atoms with van der Waals surface area (Å²) in [6.45, 7) is 4.79. The van der Waals surface area contributed by atoms with Crippen LogP contribution in [0.25, 0.3) is 10.9 Å². The average Bonchev–Trinajstić information content (AvgIpc) is 2.90. The van der Waals surface area contributed by atoms with E-state index in [0.717, 1.165) is 49.1 Å². The van der Waals surface area contributed by atoms with Crippen LogP contribution in [0, 0.1) is 18.8 Å². The fourth-order valence-corrected chi connectivity index (χ4v) is 6.21. The summed E-state index contributed by atoms with van der Waals surface area (Å²) < 4.78 is 20.8. The number of hydrogen-bond donors (Lipinski definition) is 1. The van der Waals surface area contributed by atoms with Crippen molar-refractivity contribution in [3.63, 3.8) is 0 Å². The molecule has 198 valence electrons. The van der Waals surface area contributed by atoms with Gasteiger partial charge in [-0.15, -0.1) is 11.8 Å². The lowest BCUT2D eigenvalue weighted by Crippen LogP contribution is -2.42. The van der Waals surface area contributed by atoms with Crippen LogP contribution >= 0.6 is 11.8 Å². The van der Waals surface area contributed by atoms with E-state index in [1.807, 2.05) is 30.0 Å². The summed E-state index contributed by atoms with van der Waals surface area (Å²) in [5.41, 5.74) is 2.64. The zero-order chi connectivity index (χ0) is 26.2. The van der Waals surface area contributed by atoms with Gasteiger partial charge in [-0.3, -0.25) is 9.78 Å². The standard InChI is InChI=1S/C30H37FN2O3S/c1-21-4-8-25(9-5-21)37-17-3-15-33-16-13-22(23(20-33)18-30(34)35)6-10-28(31)26-12-14-32-29-11-7-24(36-2)19-27(26)29/h4-5,7-9,11-12,14,19,22-23,28H,3,6,10,13,15-18,20H2,1-2H3,(H,34,35)/t22-,23+,28-/m1/s1. The van der Waals surface area contributed by atoms with E-state index in [2.05, 4.69) is 41.1 Å². The number of nitrogens with zero attached hydrogens (tertiary/aromatic N) is 2. The first kappa shape index (κ1) is 27.4. The topological polar surface area (TPSA) is 62.7 Å². The smallest absolute Gasteiger partial charge is 0.303 e. The minimum atomic E-state index is -1.13. The number of halogens is 1. The molecule has 0 radical (unpaired) electrons. The number of pyridine rings is 1. The molecule has 5 nitrogen and oxygen atoms in total. The van der Waals surface area contributed by atoms with Gasteiger partial charge in [0.05, 0.1) is 12.6 Å². The summed E-state index contributed by atoms with van der Waals surface area (Å²) in [4.78, 5) is 19.7. The Morgan fingerprint density at radius 1 is 1.22 bits per heavy atom. The number of alkyl halides is 1. The number of thioether (sulfide) groups is 1. The Bertz CT molecular complexity index is 1170. The largest absolute Gasteiger partial charge is 0.497 e. The van der Waals surface area contributed by atoms with Crippen LogP contribution in [-0.2, 0) is 4.79 Å². The van der Waals surface area contributed by atoms with E-state index in [1.54, 1.807) is 19.4 Å². The molecule has 0 amide bonds. The van der Waals surface area contributed by atoms with Gasteiger partial charge in [0.2, 0.25) is 0 Å². The molecule has 7 heteroatoms. The van der Waals surface area contributed by atoms with Gasteiger partial charge >= 0.3 is 5.97 Å². The molecule has 1 aliphatic heterocycles. The number of likely N-dealkylation sites (tertiary alicyclic amines) is 1. The van der Waals surface area contributed by atoms with Gasteiger partial charge < -0.3 is 14.7 Å². The Morgan fingerprint density at radius 2 is 2.03 bits per heavy atom. The van der Waals surface area contributed by atoms with E-state index >= 15 is 4.39 Å². The lowest BCUT2D eigenvalue weighted by molar-refractivity contribution is -0.139. The highest BCUT2D eigenvalue weighted by Gasteiger charge is 2.31. The first-order chi connectivity index (χ1) is 17.9. The van der Waals surface area contributed by atoms with Crippen LogP contribution in [0.1, 0.15) is 49.4 Å². The number of hydrogen-bond acceptors (Lipinski definition) is 5. The highest BCUT2D eigenvalue weighted by Crippen LogP contribution is 2.36. The second kappa shape index (κ2) is 13.2. The van der Waals surface area contributed by atoms with Gasteiger partial charge in [0.25, 0.3) is 0 Å². The van der Waals surface area contributed by atoms with Crippen molar-refractivity contribution >= 4 is 28.6 Å². The maximum absolute atomic E-state index is 15.5. The molecule has 2 heterocycles. The van der Waals surface area contributed by atoms with Crippen molar-refractivity contribution < 1.29 is 19.0 Å². The molecule has 1 aromatic heterocycles. The number of methoxy groups -OCH3 is 1. The van der Waals surface area contributed by atoms with Gasteiger partial charge in [-0.25, -0.2) is 4.39 Å². The summed E-state index contributed by atoms with van der Waals surface area (Å²) in [6.07, 6.45) is 3.72. The number of benzene rings is 2. The molecule has 1 N–H and O–H groups in total. The molecule has 1 aliphatic rings. The van der Waals surface area contributed by atoms with Crippen molar-refractivity contribution in [3.8, 4) is 5.75 Å². The van der Waals surface area contributed by atoms with Gasteiger partial charge in [-0.1, -0.05) is 17.7 Å². The second-order valence-electron chi connectivity index (χ2n) is 10.1. The number of ether oxygens (including phenoxy) is 1. The minimum Gasteiger partial charge on any atom is -0.497 e. The molecule has 0 unspecified atom stereocenters. The molecule has 2 aromatic carbocycles. The number of aliphatic carboxylic acids is 1. The highest BCUT2D eigenvalue weighted by molar-refractivity contribution is 7.99. The fourth-order valence-electron chi connectivity index (χ4n) is 5.37. The Balaban J connectivity index is 1.30. The molecule has 0 saturated carbocycles. The van der Waals surface area contributed by atoms with Gasteiger partial charge in [0.1, 0.15) is 11.9 Å². The molecule has 1 saturated heterocycles. The van der Waals surface area contributed by atoms with Gasteiger partial charge in [-0.05, 0) is 105 Å². The first-order valence-corrected chi connectivity index (χ1v) is 14.1.